The van der Waals surface area contributed by atoms with Crippen LogP contribution < -0.4 is 5.73 Å². The van der Waals surface area contributed by atoms with Crippen molar-refractivity contribution in [3.8, 4) is 0 Å². The second-order valence-electron chi connectivity index (χ2n) is 4.42. The monoisotopic (exact) mass is 229 g/mol. The third-order valence-corrected chi connectivity index (χ3v) is 3.32. The molecule has 1 heterocycles. The Morgan fingerprint density at radius 3 is 2.47 bits per heavy atom. The van der Waals surface area contributed by atoms with Gasteiger partial charge in [0.25, 0.3) is 0 Å². The van der Waals surface area contributed by atoms with Gasteiger partial charge >= 0.3 is 0 Å². The average Bonchev–Trinajstić information content (AvgIpc) is 2.38. The summed E-state index contributed by atoms with van der Waals surface area (Å²) in [5.74, 6) is 0.512. The standard InChI is InChI=1S/C11H20ClN3/c1-7(2)9(13)5-6-10-11(12)8(3)14-15(10)4/h7,9H,5-6,13H2,1-4H3. The molecule has 15 heavy (non-hydrogen) atoms. The van der Waals surface area contributed by atoms with E-state index in [2.05, 4.69) is 18.9 Å². The molecule has 3 nitrogen and oxygen atoms in total. The molecule has 1 aromatic heterocycles. The molecule has 1 aromatic rings. The van der Waals surface area contributed by atoms with Gasteiger partial charge in [-0.25, -0.2) is 0 Å². The van der Waals surface area contributed by atoms with Crippen LogP contribution in [-0.2, 0) is 13.5 Å². The first-order valence-electron chi connectivity index (χ1n) is 5.37. The highest BCUT2D eigenvalue weighted by Gasteiger charge is 2.13. The van der Waals surface area contributed by atoms with E-state index in [9.17, 15) is 0 Å². The summed E-state index contributed by atoms with van der Waals surface area (Å²) in [5, 5.41) is 5.06. The number of aromatic nitrogens is 2. The van der Waals surface area contributed by atoms with E-state index in [1.165, 1.54) is 0 Å². The summed E-state index contributed by atoms with van der Waals surface area (Å²) in [6.07, 6.45) is 1.85. The number of hydrogen-bond acceptors (Lipinski definition) is 2. The van der Waals surface area contributed by atoms with Gasteiger partial charge in [0.15, 0.2) is 0 Å². The summed E-state index contributed by atoms with van der Waals surface area (Å²) in [6.45, 7) is 6.20. The molecule has 0 saturated carbocycles. The summed E-state index contributed by atoms with van der Waals surface area (Å²) in [5.41, 5.74) is 7.98. The lowest BCUT2D eigenvalue weighted by Crippen LogP contribution is -2.27. The van der Waals surface area contributed by atoms with Crippen LogP contribution in [0.15, 0.2) is 0 Å². The maximum Gasteiger partial charge on any atom is 0.0846 e. The van der Waals surface area contributed by atoms with Gasteiger partial charge in [-0.05, 0) is 25.7 Å². The number of nitrogens with two attached hydrogens (primary N) is 1. The maximum atomic E-state index is 6.15. The Kier molecular flexibility index (Phi) is 4.17. The van der Waals surface area contributed by atoms with Crippen LogP contribution in [0.2, 0.25) is 5.02 Å². The van der Waals surface area contributed by atoms with Crippen molar-refractivity contribution in [3.63, 3.8) is 0 Å². The first-order chi connectivity index (χ1) is 6.93. The summed E-state index contributed by atoms with van der Waals surface area (Å²) in [7, 11) is 1.93. The fourth-order valence-corrected chi connectivity index (χ4v) is 1.84. The molecule has 0 saturated heterocycles. The quantitative estimate of drug-likeness (QED) is 0.861. The molecule has 0 aliphatic heterocycles. The van der Waals surface area contributed by atoms with Crippen molar-refractivity contribution in [1.29, 1.82) is 0 Å². The van der Waals surface area contributed by atoms with Crippen LogP contribution in [0, 0.1) is 12.8 Å². The van der Waals surface area contributed by atoms with E-state index in [0.717, 1.165) is 29.3 Å². The highest BCUT2D eigenvalue weighted by atomic mass is 35.5. The third-order valence-electron chi connectivity index (χ3n) is 2.83. The molecule has 1 atom stereocenters. The van der Waals surface area contributed by atoms with Crippen molar-refractivity contribution in [2.75, 3.05) is 0 Å². The Morgan fingerprint density at radius 1 is 1.47 bits per heavy atom. The molecule has 0 spiro atoms. The predicted molar refractivity (Wildman–Crippen MR) is 64.1 cm³/mol. The number of halogens is 1. The lowest BCUT2D eigenvalue weighted by molar-refractivity contribution is 0.459. The van der Waals surface area contributed by atoms with Crippen molar-refractivity contribution in [2.45, 2.75) is 39.7 Å². The van der Waals surface area contributed by atoms with E-state index in [1.54, 1.807) is 0 Å². The Labute approximate surface area is 96.6 Å². The fraction of sp³-hybridized carbons (Fsp3) is 0.727. The average molecular weight is 230 g/mol. The van der Waals surface area contributed by atoms with Crippen LogP contribution in [0.1, 0.15) is 31.7 Å². The zero-order valence-corrected chi connectivity index (χ0v) is 10.7. The molecule has 0 amide bonds. The molecule has 1 rings (SSSR count). The second kappa shape index (κ2) is 4.99. The summed E-state index contributed by atoms with van der Waals surface area (Å²) >= 11 is 6.15. The van der Waals surface area contributed by atoms with Gasteiger partial charge in [0, 0.05) is 13.1 Å². The van der Waals surface area contributed by atoms with Crippen molar-refractivity contribution >= 4 is 11.6 Å². The van der Waals surface area contributed by atoms with Crippen molar-refractivity contribution in [3.05, 3.63) is 16.4 Å². The van der Waals surface area contributed by atoms with Crippen LogP contribution in [-0.4, -0.2) is 15.8 Å². The zero-order valence-electron chi connectivity index (χ0n) is 9.92. The van der Waals surface area contributed by atoms with E-state index in [0.29, 0.717) is 5.92 Å². The largest absolute Gasteiger partial charge is 0.327 e. The minimum atomic E-state index is 0.233. The molecule has 0 radical (unpaired) electrons. The van der Waals surface area contributed by atoms with Gasteiger partial charge < -0.3 is 5.73 Å². The van der Waals surface area contributed by atoms with E-state index < -0.39 is 0 Å². The van der Waals surface area contributed by atoms with E-state index in [1.807, 2.05) is 18.7 Å². The van der Waals surface area contributed by atoms with Crippen molar-refractivity contribution in [2.24, 2.45) is 18.7 Å². The Morgan fingerprint density at radius 2 is 2.07 bits per heavy atom. The Hall–Kier alpha value is -0.540. The Balaban J connectivity index is 2.65. The first-order valence-corrected chi connectivity index (χ1v) is 5.74. The van der Waals surface area contributed by atoms with Crippen LogP contribution in [0.5, 0.6) is 0 Å². The zero-order chi connectivity index (χ0) is 11.6. The molecule has 86 valence electrons. The molecule has 2 N–H and O–H groups in total. The van der Waals surface area contributed by atoms with Gasteiger partial charge in [0.2, 0.25) is 0 Å². The van der Waals surface area contributed by atoms with Gasteiger partial charge in [-0.1, -0.05) is 25.4 Å². The molecule has 0 bridgehead atoms. The number of nitrogens with zero attached hydrogens (tertiary/aromatic N) is 2. The maximum absolute atomic E-state index is 6.15. The Bertz CT molecular complexity index is 331. The minimum Gasteiger partial charge on any atom is -0.327 e. The highest BCUT2D eigenvalue weighted by molar-refractivity contribution is 6.31. The van der Waals surface area contributed by atoms with Gasteiger partial charge in [-0.15, -0.1) is 0 Å². The normalized spacial score (nSPS) is 13.5. The minimum absolute atomic E-state index is 0.233. The number of aryl methyl sites for hydroxylation is 2. The molecule has 0 fully saturated rings. The van der Waals surface area contributed by atoms with Gasteiger partial charge in [0.05, 0.1) is 16.4 Å². The molecule has 0 aliphatic carbocycles. The smallest absolute Gasteiger partial charge is 0.0846 e. The third kappa shape index (κ3) is 2.95. The summed E-state index contributed by atoms with van der Waals surface area (Å²) in [6, 6.07) is 0.233. The molecule has 0 aromatic carbocycles. The molecular weight excluding hydrogens is 210 g/mol. The predicted octanol–water partition coefficient (Wildman–Crippen LogP) is 2.30. The SMILES string of the molecule is Cc1nn(C)c(CCC(N)C(C)C)c1Cl. The molecular formula is C11H20ClN3. The number of rotatable bonds is 4. The topological polar surface area (TPSA) is 43.8 Å². The van der Waals surface area contributed by atoms with E-state index >= 15 is 0 Å². The van der Waals surface area contributed by atoms with Crippen LogP contribution in [0.4, 0.5) is 0 Å². The summed E-state index contributed by atoms with van der Waals surface area (Å²) in [4.78, 5) is 0. The molecule has 4 heteroatoms. The van der Waals surface area contributed by atoms with Gasteiger partial charge in [0.1, 0.15) is 0 Å². The number of hydrogen-bond donors (Lipinski definition) is 1. The van der Waals surface area contributed by atoms with Crippen LogP contribution in [0.3, 0.4) is 0 Å². The lowest BCUT2D eigenvalue weighted by Gasteiger charge is -2.15. The molecule has 1 unspecified atom stereocenters. The highest BCUT2D eigenvalue weighted by Crippen LogP contribution is 2.21. The first kappa shape index (κ1) is 12.5. The van der Waals surface area contributed by atoms with Crippen molar-refractivity contribution < 1.29 is 0 Å². The lowest BCUT2D eigenvalue weighted by atomic mass is 9.99. The van der Waals surface area contributed by atoms with Crippen LogP contribution in [0.25, 0.3) is 0 Å². The molecule has 0 aliphatic rings. The van der Waals surface area contributed by atoms with Gasteiger partial charge in [-0.3, -0.25) is 4.68 Å². The second-order valence-corrected chi connectivity index (χ2v) is 4.79. The fourth-order valence-electron chi connectivity index (χ4n) is 1.59. The van der Waals surface area contributed by atoms with E-state index in [-0.39, 0.29) is 6.04 Å². The van der Waals surface area contributed by atoms with Crippen molar-refractivity contribution in [1.82, 2.24) is 9.78 Å². The summed E-state index contributed by atoms with van der Waals surface area (Å²) < 4.78 is 1.85. The van der Waals surface area contributed by atoms with Crippen LogP contribution >= 0.6 is 11.6 Å². The van der Waals surface area contributed by atoms with E-state index in [4.69, 9.17) is 17.3 Å². The van der Waals surface area contributed by atoms with Gasteiger partial charge in [-0.2, -0.15) is 5.10 Å².